The van der Waals surface area contributed by atoms with Gasteiger partial charge >= 0.3 is 0 Å². The zero-order chi connectivity index (χ0) is 13.5. The Balaban J connectivity index is 2.69. The molecule has 0 aliphatic carbocycles. The monoisotopic (exact) mass is 315 g/mol. The average molecular weight is 316 g/mol. The largest absolute Gasteiger partial charge is 0.485 e. The molecule has 1 rings (SSSR count). The molecule has 0 saturated heterocycles. The fourth-order valence-corrected chi connectivity index (χ4v) is 1.65. The van der Waals surface area contributed by atoms with Crippen LogP contribution in [0.2, 0.25) is 0 Å². The van der Waals surface area contributed by atoms with Crippen molar-refractivity contribution >= 4 is 15.9 Å². The van der Waals surface area contributed by atoms with E-state index in [-0.39, 0.29) is 24.2 Å². The van der Waals surface area contributed by atoms with Gasteiger partial charge in [0.15, 0.2) is 11.6 Å². The van der Waals surface area contributed by atoms with Crippen molar-refractivity contribution in [1.82, 2.24) is 5.32 Å². The minimum Gasteiger partial charge on any atom is -0.485 e. The summed E-state index contributed by atoms with van der Waals surface area (Å²) in [6.45, 7) is 8.94. The van der Waals surface area contributed by atoms with Gasteiger partial charge < -0.3 is 10.1 Å². The summed E-state index contributed by atoms with van der Waals surface area (Å²) in [5.41, 5.74) is 0.922. The van der Waals surface area contributed by atoms with Crippen molar-refractivity contribution in [2.75, 3.05) is 13.2 Å². The van der Waals surface area contributed by atoms with Crippen LogP contribution in [-0.4, -0.2) is 13.2 Å². The van der Waals surface area contributed by atoms with Crippen LogP contribution in [0.3, 0.4) is 0 Å². The molecule has 0 bridgehead atoms. The lowest BCUT2D eigenvalue weighted by atomic mass is 10.1. The van der Waals surface area contributed by atoms with Crippen LogP contribution in [0.1, 0.15) is 31.9 Å². The van der Waals surface area contributed by atoms with E-state index in [9.17, 15) is 4.39 Å². The standard InChI is InChI=1S/C14H19BrFNO/c1-4-7-17-11(3)12-5-6-14(13(16)8-12)18-9-10(2)15/h5-6,8,11,17H,2,4,7,9H2,1,3H3. The summed E-state index contributed by atoms with van der Waals surface area (Å²) >= 11 is 3.17. The molecule has 0 spiro atoms. The lowest BCUT2D eigenvalue weighted by molar-refractivity contribution is 0.339. The topological polar surface area (TPSA) is 21.3 Å². The van der Waals surface area contributed by atoms with E-state index >= 15 is 0 Å². The van der Waals surface area contributed by atoms with Gasteiger partial charge in [-0.15, -0.1) is 0 Å². The normalized spacial score (nSPS) is 12.2. The van der Waals surface area contributed by atoms with Crippen LogP contribution < -0.4 is 10.1 Å². The van der Waals surface area contributed by atoms with Crippen molar-refractivity contribution in [2.24, 2.45) is 0 Å². The first-order chi connectivity index (χ1) is 8.54. The number of hydrogen-bond acceptors (Lipinski definition) is 2. The van der Waals surface area contributed by atoms with Crippen LogP contribution in [0, 0.1) is 5.82 Å². The van der Waals surface area contributed by atoms with Crippen LogP contribution in [0.5, 0.6) is 5.75 Å². The van der Waals surface area contributed by atoms with Gasteiger partial charge in [0.1, 0.15) is 6.61 Å². The molecule has 0 radical (unpaired) electrons. The Morgan fingerprint density at radius 2 is 2.28 bits per heavy atom. The maximum absolute atomic E-state index is 13.8. The van der Waals surface area contributed by atoms with Gasteiger partial charge in [-0.25, -0.2) is 4.39 Å². The fourth-order valence-electron chi connectivity index (χ4n) is 1.54. The Morgan fingerprint density at radius 1 is 1.56 bits per heavy atom. The molecule has 1 unspecified atom stereocenters. The van der Waals surface area contributed by atoms with Gasteiger partial charge in [0.05, 0.1) is 0 Å². The third kappa shape index (κ3) is 4.78. The molecule has 0 fully saturated rings. The highest BCUT2D eigenvalue weighted by atomic mass is 79.9. The van der Waals surface area contributed by atoms with Gasteiger partial charge in [-0.1, -0.05) is 35.5 Å². The summed E-state index contributed by atoms with van der Waals surface area (Å²) in [5.74, 6) is -0.0894. The predicted octanol–water partition coefficient (Wildman–Crippen LogP) is 4.17. The molecule has 1 atom stereocenters. The average Bonchev–Trinajstić information content (AvgIpc) is 2.34. The lowest BCUT2D eigenvalue weighted by Gasteiger charge is -2.15. The minimum atomic E-state index is -0.341. The van der Waals surface area contributed by atoms with Gasteiger partial charge in [0.2, 0.25) is 0 Å². The Morgan fingerprint density at radius 3 is 2.83 bits per heavy atom. The molecule has 0 aliphatic heterocycles. The molecule has 1 N–H and O–H groups in total. The van der Waals surface area contributed by atoms with Crippen molar-refractivity contribution in [3.8, 4) is 5.75 Å². The highest BCUT2D eigenvalue weighted by molar-refractivity contribution is 9.11. The van der Waals surface area contributed by atoms with Crippen LogP contribution in [0.25, 0.3) is 0 Å². The molecule has 0 saturated carbocycles. The smallest absolute Gasteiger partial charge is 0.165 e. The Bertz CT molecular complexity index is 409. The lowest BCUT2D eigenvalue weighted by Crippen LogP contribution is -2.19. The van der Waals surface area contributed by atoms with Crippen molar-refractivity contribution < 1.29 is 9.13 Å². The van der Waals surface area contributed by atoms with Crippen LogP contribution in [-0.2, 0) is 0 Å². The number of benzene rings is 1. The van der Waals surface area contributed by atoms with E-state index in [4.69, 9.17) is 4.74 Å². The quantitative estimate of drug-likeness (QED) is 0.815. The number of rotatable bonds is 7. The first-order valence-electron chi connectivity index (χ1n) is 6.03. The molecule has 1 aromatic carbocycles. The van der Waals surface area contributed by atoms with Gasteiger partial charge in [0.25, 0.3) is 0 Å². The van der Waals surface area contributed by atoms with Crippen LogP contribution in [0.4, 0.5) is 4.39 Å². The second-order valence-electron chi connectivity index (χ2n) is 4.17. The molecule has 0 amide bonds. The van der Waals surface area contributed by atoms with Crippen LogP contribution in [0.15, 0.2) is 29.3 Å². The second-order valence-corrected chi connectivity index (χ2v) is 5.29. The van der Waals surface area contributed by atoms with E-state index in [1.165, 1.54) is 6.07 Å². The fraction of sp³-hybridized carbons (Fsp3) is 0.429. The highest BCUT2D eigenvalue weighted by Gasteiger charge is 2.09. The maximum atomic E-state index is 13.8. The van der Waals surface area contributed by atoms with E-state index in [1.807, 2.05) is 13.0 Å². The van der Waals surface area contributed by atoms with Gasteiger partial charge in [-0.2, -0.15) is 0 Å². The molecule has 18 heavy (non-hydrogen) atoms. The molecule has 0 aliphatic rings. The van der Waals surface area contributed by atoms with Gasteiger partial charge in [-0.05, 0) is 37.6 Å². The predicted molar refractivity (Wildman–Crippen MR) is 76.7 cm³/mol. The third-order valence-electron chi connectivity index (χ3n) is 2.54. The van der Waals surface area contributed by atoms with E-state index in [0.717, 1.165) is 18.5 Å². The Hall–Kier alpha value is -0.870. The molecular formula is C14H19BrFNO. The Labute approximate surface area is 116 Å². The summed E-state index contributed by atoms with van der Waals surface area (Å²) in [6.07, 6.45) is 1.06. The van der Waals surface area contributed by atoms with E-state index in [0.29, 0.717) is 4.48 Å². The summed E-state index contributed by atoms with van der Waals surface area (Å²) in [7, 11) is 0. The van der Waals surface area contributed by atoms with Crippen molar-refractivity contribution in [3.05, 3.63) is 40.6 Å². The van der Waals surface area contributed by atoms with Gasteiger partial charge in [-0.3, -0.25) is 0 Å². The van der Waals surface area contributed by atoms with Crippen LogP contribution >= 0.6 is 15.9 Å². The number of halogens is 2. The number of hydrogen-bond donors (Lipinski definition) is 1. The summed E-state index contributed by atoms with van der Waals surface area (Å²) in [4.78, 5) is 0. The second kappa shape index (κ2) is 7.54. The third-order valence-corrected chi connectivity index (χ3v) is 2.77. The van der Waals surface area contributed by atoms with E-state index in [1.54, 1.807) is 6.07 Å². The molecular weight excluding hydrogens is 297 g/mol. The SMILES string of the molecule is C=C(Br)COc1ccc(C(C)NCCC)cc1F. The summed E-state index contributed by atoms with van der Waals surface area (Å²) < 4.78 is 19.7. The first kappa shape index (κ1) is 15.2. The molecule has 1 aromatic rings. The molecule has 0 heterocycles. The summed E-state index contributed by atoms with van der Waals surface area (Å²) in [6, 6.07) is 5.19. The number of nitrogens with one attached hydrogen (secondary N) is 1. The van der Waals surface area contributed by atoms with E-state index < -0.39 is 0 Å². The zero-order valence-corrected chi connectivity index (χ0v) is 12.4. The highest BCUT2D eigenvalue weighted by Crippen LogP contribution is 2.22. The summed E-state index contributed by atoms with van der Waals surface area (Å²) in [5, 5.41) is 3.32. The Kier molecular flexibility index (Phi) is 6.36. The number of ether oxygens (including phenoxy) is 1. The molecule has 0 aromatic heterocycles. The van der Waals surface area contributed by atoms with E-state index in [2.05, 4.69) is 34.7 Å². The molecule has 2 nitrogen and oxygen atoms in total. The molecule has 4 heteroatoms. The van der Waals surface area contributed by atoms with Crippen molar-refractivity contribution in [2.45, 2.75) is 26.3 Å². The zero-order valence-electron chi connectivity index (χ0n) is 10.8. The van der Waals surface area contributed by atoms with Crippen molar-refractivity contribution in [1.29, 1.82) is 0 Å². The minimum absolute atomic E-state index is 0.139. The first-order valence-corrected chi connectivity index (χ1v) is 6.82. The molecule has 100 valence electrons. The van der Waals surface area contributed by atoms with Crippen molar-refractivity contribution in [3.63, 3.8) is 0 Å². The maximum Gasteiger partial charge on any atom is 0.165 e. The van der Waals surface area contributed by atoms with Gasteiger partial charge in [0, 0.05) is 10.5 Å².